The van der Waals surface area contributed by atoms with Gasteiger partial charge in [0.25, 0.3) is 5.91 Å². The van der Waals surface area contributed by atoms with Crippen molar-refractivity contribution in [3.63, 3.8) is 0 Å². The number of nitrogens with two attached hydrogens (primary N) is 1. The van der Waals surface area contributed by atoms with Gasteiger partial charge in [0, 0.05) is 10.9 Å². The Bertz CT molecular complexity index is 550. The number of benzene rings is 1. The molecule has 0 atom stereocenters. The van der Waals surface area contributed by atoms with Crippen LogP contribution >= 0.6 is 34.7 Å². The average molecular weight is 288 g/mol. The van der Waals surface area contributed by atoms with Crippen LogP contribution in [-0.2, 0) is 0 Å². The molecule has 2 rings (SSSR count). The highest BCUT2D eigenvalue weighted by atomic mass is 35.5. The van der Waals surface area contributed by atoms with Gasteiger partial charge in [-0.1, -0.05) is 29.3 Å². The minimum Gasteiger partial charge on any atom is -0.290 e. The van der Waals surface area contributed by atoms with E-state index in [-0.39, 0.29) is 0 Å². The van der Waals surface area contributed by atoms with Crippen LogP contribution in [0.5, 0.6) is 0 Å². The van der Waals surface area contributed by atoms with E-state index >= 15 is 0 Å². The second-order valence-corrected chi connectivity index (χ2v) is 4.59. The van der Waals surface area contributed by atoms with Crippen LogP contribution in [0.1, 0.15) is 10.4 Å². The fourth-order valence-corrected chi connectivity index (χ4v) is 2.63. The van der Waals surface area contributed by atoms with E-state index in [9.17, 15) is 4.79 Å². The van der Waals surface area contributed by atoms with Crippen molar-refractivity contribution in [1.82, 2.24) is 9.80 Å². The molecule has 0 bridgehead atoms. The predicted molar refractivity (Wildman–Crippen MR) is 69.2 cm³/mol. The maximum atomic E-state index is 11.5. The van der Waals surface area contributed by atoms with Crippen molar-refractivity contribution >= 4 is 40.6 Å². The molecule has 7 heteroatoms. The van der Waals surface area contributed by atoms with Gasteiger partial charge in [-0.05, 0) is 23.7 Å². The second-order valence-electron chi connectivity index (χ2n) is 3.15. The molecule has 88 valence electrons. The zero-order chi connectivity index (χ0) is 12.4. The van der Waals surface area contributed by atoms with Gasteiger partial charge in [0.05, 0.1) is 21.3 Å². The Labute approximate surface area is 111 Å². The van der Waals surface area contributed by atoms with Gasteiger partial charge >= 0.3 is 0 Å². The Morgan fingerprint density at radius 3 is 2.59 bits per heavy atom. The number of carbonyl (C=O) groups is 1. The van der Waals surface area contributed by atoms with Crippen LogP contribution < -0.4 is 11.3 Å². The number of hydrogen-bond acceptors (Lipinski definition) is 4. The Hall–Kier alpha value is -1.14. The summed E-state index contributed by atoms with van der Waals surface area (Å²) in [6.45, 7) is 0. The average Bonchev–Trinajstić information content (AvgIpc) is 2.77. The molecule has 0 spiro atoms. The molecule has 1 aromatic heterocycles. The Morgan fingerprint density at radius 1 is 1.35 bits per heavy atom. The number of nitrogens with zero attached hydrogens (tertiary/aromatic N) is 1. The van der Waals surface area contributed by atoms with Crippen molar-refractivity contribution in [1.29, 1.82) is 0 Å². The largest absolute Gasteiger partial charge is 0.290 e. The SMILES string of the molecule is NNC(=O)c1csnc1-c1c(Cl)cccc1Cl. The van der Waals surface area contributed by atoms with E-state index in [1.165, 1.54) is 0 Å². The highest BCUT2D eigenvalue weighted by Gasteiger charge is 2.19. The molecule has 0 unspecified atom stereocenters. The first kappa shape index (κ1) is 12.3. The summed E-state index contributed by atoms with van der Waals surface area (Å²) in [7, 11) is 0. The number of aromatic nitrogens is 1. The third-order valence-electron chi connectivity index (χ3n) is 2.14. The number of nitrogen functional groups attached to an aromatic ring is 1. The van der Waals surface area contributed by atoms with E-state index in [0.29, 0.717) is 26.9 Å². The van der Waals surface area contributed by atoms with Gasteiger partial charge < -0.3 is 0 Å². The first-order chi connectivity index (χ1) is 8.15. The number of nitrogens with one attached hydrogen (secondary N) is 1. The van der Waals surface area contributed by atoms with Crippen LogP contribution in [0, 0.1) is 0 Å². The molecule has 3 N–H and O–H groups in total. The highest BCUT2D eigenvalue weighted by Crippen LogP contribution is 2.36. The van der Waals surface area contributed by atoms with Gasteiger partial charge in [-0.3, -0.25) is 10.2 Å². The number of carbonyl (C=O) groups excluding carboxylic acids is 1. The summed E-state index contributed by atoms with van der Waals surface area (Å²) in [6.07, 6.45) is 0. The lowest BCUT2D eigenvalue weighted by Crippen LogP contribution is -2.30. The van der Waals surface area contributed by atoms with Gasteiger partial charge in [0.15, 0.2) is 0 Å². The molecule has 0 saturated carbocycles. The lowest BCUT2D eigenvalue weighted by molar-refractivity contribution is 0.0954. The minimum absolute atomic E-state index is 0.354. The summed E-state index contributed by atoms with van der Waals surface area (Å²) in [5, 5.41) is 2.47. The van der Waals surface area contributed by atoms with E-state index in [0.717, 1.165) is 11.5 Å². The summed E-state index contributed by atoms with van der Waals surface area (Å²) in [5.74, 6) is 4.67. The maximum absolute atomic E-state index is 11.5. The molecule has 0 fully saturated rings. The third kappa shape index (κ3) is 2.28. The van der Waals surface area contributed by atoms with Gasteiger partial charge in [-0.25, -0.2) is 5.84 Å². The van der Waals surface area contributed by atoms with Crippen LogP contribution in [0.15, 0.2) is 23.6 Å². The molecule has 1 heterocycles. The molecule has 0 saturated heterocycles. The van der Waals surface area contributed by atoms with E-state index in [1.54, 1.807) is 23.6 Å². The molecule has 4 nitrogen and oxygen atoms in total. The fourth-order valence-electron chi connectivity index (χ4n) is 1.38. The van der Waals surface area contributed by atoms with Gasteiger partial charge in [0.2, 0.25) is 0 Å². The van der Waals surface area contributed by atoms with Crippen LogP contribution in [0.25, 0.3) is 11.3 Å². The topological polar surface area (TPSA) is 68.0 Å². The van der Waals surface area contributed by atoms with E-state index in [2.05, 4.69) is 9.80 Å². The zero-order valence-electron chi connectivity index (χ0n) is 8.41. The van der Waals surface area contributed by atoms with Crippen molar-refractivity contribution in [2.24, 2.45) is 5.84 Å². The molecule has 0 aliphatic heterocycles. The molecule has 17 heavy (non-hydrogen) atoms. The van der Waals surface area contributed by atoms with Crippen LogP contribution in [-0.4, -0.2) is 10.3 Å². The summed E-state index contributed by atoms with van der Waals surface area (Å²) < 4.78 is 4.13. The van der Waals surface area contributed by atoms with E-state index in [4.69, 9.17) is 29.0 Å². The fraction of sp³-hybridized carbons (Fsp3) is 0. The summed E-state index contributed by atoms with van der Waals surface area (Å²) in [6, 6.07) is 5.10. The van der Waals surface area contributed by atoms with E-state index < -0.39 is 5.91 Å². The van der Waals surface area contributed by atoms with Crippen molar-refractivity contribution in [2.45, 2.75) is 0 Å². The second kappa shape index (κ2) is 5.01. The van der Waals surface area contributed by atoms with Crippen LogP contribution in [0.2, 0.25) is 10.0 Å². The van der Waals surface area contributed by atoms with Crippen LogP contribution in [0.4, 0.5) is 0 Å². The first-order valence-corrected chi connectivity index (χ1v) is 6.14. The van der Waals surface area contributed by atoms with Crippen molar-refractivity contribution in [3.8, 4) is 11.3 Å². The molecular weight excluding hydrogens is 281 g/mol. The van der Waals surface area contributed by atoms with Crippen molar-refractivity contribution < 1.29 is 4.79 Å². The Kier molecular flexibility index (Phi) is 3.63. The number of hydrogen-bond donors (Lipinski definition) is 2. The van der Waals surface area contributed by atoms with Gasteiger partial charge in [-0.2, -0.15) is 4.37 Å². The quantitative estimate of drug-likeness (QED) is 0.507. The molecule has 1 aromatic carbocycles. The summed E-state index contributed by atoms with van der Waals surface area (Å²) in [4.78, 5) is 11.5. The summed E-state index contributed by atoms with van der Waals surface area (Å²) >= 11 is 13.3. The Morgan fingerprint density at radius 2 is 2.00 bits per heavy atom. The predicted octanol–water partition coefficient (Wildman–Crippen LogP) is 2.72. The summed E-state index contributed by atoms with van der Waals surface area (Å²) in [5.41, 5.74) is 3.39. The molecule has 0 aliphatic carbocycles. The number of rotatable bonds is 2. The number of hydrazine groups is 1. The minimum atomic E-state index is -0.426. The van der Waals surface area contributed by atoms with Crippen molar-refractivity contribution in [3.05, 3.63) is 39.2 Å². The van der Waals surface area contributed by atoms with Crippen molar-refractivity contribution in [2.75, 3.05) is 0 Å². The lowest BCUT2D eigenvalue weighted by Gasteiger charge is -2.06. The smallest absolute Gasteiger partial charge is 0.268 e. The normalized spacial score (nSPS) is 10.3. The number of amides is 1. The first-order valence-electron chi connectivity index (χ1n) is 4.55. The van der Waals surface area contributed by atoms with Gasteiger partial charge in [-0.15, -0.1) is 0 Å². The van der Waals surface area contributed by atoms with E-state index in [1.807, 2.05) is 0 Å². The highest BCUT2D eigenvalue weighted by molar-refractivity contribution is 7.04. The molecule has 0 aliphatic rings. The zero-order valence-corrected chi connectivity index (χ0v) is 10.7. The molecule has 0 radical (unpaired) electrons. The number of halogens is 2. The third-order valence-corrected chi connectivity index (χ3v) is 3.40. The maximum Gasteiger partial charge on any atom is 0.268 e. The van der Waals surface area contributed by atoms with Gasteiger partial charge in [0.1, 0.15) is 0 Å². The molecule has 1 amide bonds. The Balaban J connectivity index is 2.62. The molecular formula is C10H7Cl2N3OS. The molecule has 2 aromatic rings. The standard InChI is InChI=1S/C10H7Cl2N3OS/c11-6-2-1-3-7(12)8(6)9-5(4-17-15-9)10(16)14-13/h1-4H,13H2,(H,14,16). The lowest BCUT2D eigenvalue weighted by atomic mass is 10.1. The monoisotopic (exact) mass is 287 g/mol. The van der Waals surface area contributed by atoms with Crippen LogP contribution in [0.3, 0.4) is 0 Å².